The minimum atomic E-state index is 0.727. The number of nitrogens with one attached hydrogen (secondary N) is 1. The predicted octanol–water partition coefficient (Wildman–Crippen LogP) is 3.23. The zero-order valence-electron chi connectivity index (χ0n) is 12.7. The van der Waals surface area contributed by atoms with Gasteiger partial charge in [-0.25, -0.2) is 0 Å². The highest BCUT2D eigenvalue weighted by molar-refractivity contribution is 7.98. The van der Waals surface area contributed by atoms with Gasteiger partial charge >= 0.3 is 0 Å². The van der Waals surface area contributed by atoms with Crippen LogP contribution in [-0.4, -0.2) is 49.1 Å². The van der Waals surface area contributed by atoms with Crippen molar-refractivity contribution < 1.29 is 0 Å². The summed E-state index contributed by atoms with van der Waals surface area (Å²) in [6.45, 7) is 7.09. The van der Waals surface area contributed by atoms with E-state index in [1.54, 1.807) is 0 Å². The average molecular weight is 273 g/mol. The van der Waals surface area contributed by atoms with E-state index >= 15 is 0 Å². The number of rotatable bonds is 9. The van der Waals surface area contributed by atoms with Crippen LogP contribution in [0.5, 0.6) is 0 Å². The van der Waals surface area contributed by atoms with Crippen LogP contribution < -0.4 is 5.32 Å². The molecule has 0 aliphatic heterocycles. The van der Waals surface area contributed by atoms with Gasteiger partial charge in [0.15, 0.2) is 0 Å². The largest absolute Gasteiger partial charge is 0.314 e. The molecule has 0 radical (unpaired) electrons. The predicted molar refractivity (Wildman–Crippen MR) is 84.5 cm³/mol. The van der Waals surface area contributed by atoms with Crippen molar-refractivity contribution in [3.63, 3.8) is 0 Å². The van der Waals surface area contributed by atoms with Crippen LogP contribution in [0.4, 0.5) is 0 Å². The maximum atomic E-state index is 3.74. The fourth-order valence-corrected chi connectivity index (χ4v) is 3.49. The molecular formula is C15H32N2S. The molecule has 2 nitrogen and oxygen atoms in total. The van der Waals surface area contributed by atoms with Gasteiger partial charge in [0.05, 0.1) is 0 Å². The van der Waals surface area contributed by atoms with E-state index in [0.29, 0.717) is 0 Å². The number of hydrogen-bond donors (Lipinski definition) is 1. The monoisotopic (exact) mass is 272 g/mol. The van der Waals surface area contributed by atoms with Crippen LogP contribution in [0.1, 0.15) is 46.0 Å². The first-order valence-corrected chi connectivity index (χ1v) is 9.01. The molecule has 0 bridgehead atoms. The summed E-state index contributed by atoms with van der Waals surface area (Å²) in [5, 5.41) is 3.74. The second-order valence-electron chi connectivity index (χ2n) is 5.82. The van der Waals surface area contributed by atoms with Gasteiger partial charge in [-0.2, -0.15) is 11.8 Å². The number of nitrogens with zero attached hydrogens (tertiary/aromatic N) is 1. The first-order chi connectivity index (χ1) is 8.69. The van der Waals surface area contributed by atoms with Gasteiger partial charge in [-0.1, -0.05) is 13.3 Å². The first kappa shape index (κ1) is 16.3. The molecule has 1 N–H and O–H groups in total. The van der Waals surface area contributed by atoms with Crippen LogP contribution in [0.2, 0.25) is 0 Å². The zero-order chi connectivity index (χ0) is 13.4. The van der Waals surface area contributed by atoms with Crippen LogP contribution in [0.25, 0.3) is 0 Å². The molecule has 1 aliphatic carbocycles. The van der Waals surface area contributed by atoms with E-state index in [1.807, 2.05) is 11.8 Å². The summed E-state index contributed by atoms with van der Waals surface area (Å²) < 4.78 is 0. The van der Waals surface area contributed by atoms with Crippen molar-refractivity contribution in [2.75, 3.05) is 32.1 Å². The summed E-state index contributed by atoms with van der Waals surface area (Å²) in [6, 6.07) is 1.50. The summed E-state index contributed by atoms with van der Waals surface area (Å²) in [7, 11) is 2.31. The molecule has 1 fully saturated rings. The molecule has 3 unspecified atom stereocenters. The lowest BCUT2D eigenvalue weighted by Gasteiger charge is -2.30. The molecule has 3 heteroatoms. The summed E-state index contributed by atoms with van der Waals surface area (Å²) in [6.07, 6.45) is 8.99. The van der Waals surface area contributed by atoms with Gasteiger partial charge in [0, 0.05) is 18.6 Å². The minimum Gasteiger partial charge on any atom is -0.314 e. The van der Waals surface area contributed by atoms with E-state index in [2.05, 4.69) is 37.4 Å². The smallest absolute Gasteiger partial charge is 0.0107 e. The second-order valence-corrected chi connectivity index (χ2v) is 6.81. The lowest BCUT2D eigenvalue weighted by Crippen LogP contribution is -2.41. The van der Waals surface area contributed by atoms with E-state index in [0.717, 1.165) is 18.0 Å². The molecule has 0 aromatic rings. The van der Waals surface area contributed by atoms with Gasteiger partial charge in [0.2, 0.25) is 0 Å². The van der Waals surface area contributed by atoms with Crippen LogP contribution in [0.3, 0.4) is 0 Å². The summed E-state index contributed by atoms with van der Waals surface area (Å²) in [4.78, 5) is 2.58. The standard InChI is InChI=1S/C15H32N2S/c1-5-10-16-15-8-6-7-14(15)12-17(3)13(2)9-11-18-4/h13-16H,5-12H2,1-4H3. The first-order valence-electron chi connectivity index (χ1n) is 7.61. The second kappa shape index (κ2) is 9.22. The van der Waals surface area contributed by atoms with Gasteiger partial charge in [0.25, 0.3) is 0 Å². The fourth-order valence-electron chi connectivity index (χ4n) is 2.91. The van der Waals surface area contributed by atoms with Gasteiger partial charge < -0.3 is 10.2 Å². The molecule has 108 valence electrons. The van der Waals surface area contributed by atoms with Crippen molar-refractivity contribution in [2.24, 2.45) is 5.92 Å². The molecule has 1 saturated carbocycles. The molecule has 1 rings (SSSR count). The van der Waals surface area contributed by atoms with E-state index in [4.69, 9.17) is 0 Å². The Bertz CT molecular complexity index is 211. The van der Waals surface area contributed by atoms with Crippen LogP contribution in [0.15, 0.2) is 0 Å². The van der Waals surface area contributed by atoms with E-state index in [1.165, 1.54) is 50.9 Å². The van der Waals surface area contributed by atoms with Crippen molar-refractivity contribution in [1.29, 1.82) is 0 Å². The third kappa shape index (κ3) is 5.50. The van der Waals surface area contributed by atoms with E-state index in [9.17, 15) is 0 Å². The molecule has 3 atom stereocenters. The maximum Gasteiger partial charge on any atom is 0.0107 e. The highest BCUT2D eigenvalue weighted by Crippen LogP contribution is 2.27. The third-order valence-electron chi connectivity index (χ3n) is 4.33. The zero-order valence-corrected chi connectivity index (χ0v) is 13.6. The Kier molecular flexibility index (Phi) is 8.36. The van der Waals surface area contributed by atoms with Gasteiger partial charge in [-0.05, 0) is 64.1 Å². The lowest BCUT2D eigenvalue weighted by atomic mass is 10.0. The van der Waals surface area contributed by atoms with Crippen molar-refractivity contribution >= 4 is 11.8 Å². The Balaban J connectivity index is 2.30. The van der Waals surface area contributed by atoms with Crippen LogP contribution in [0, 0.1) is 5.92 Å². The molecule has 0 spiro atoms. The summed E-state index contributed by atoms with van der Waals surface area (Å²) >= 11 is 1.96. The number of hydrogen-bond acceptors (Lipinski definition) is 3. The topological polar surface area (TPSA) is 15.3 Å². The van der Waals surface area contributed by atoms with Crippen LogP contribution in [-0.2, 0) is 0 Å². The van der Waals surface area contributed by atoms with E-state index in [-0.39, 0.29) is 0 Å². The van der Waals surface area contributed by atoms with Crippen molar-refractivity contribution in [3.05, 3.63) is 0 Å². The number of thioether (sulfide) groups is 1. The summed E-state index contributed by atoms with van der Waals surface area (Å²) in [5.74, 6) is 2.16. The van der Waals surface area contributed by atoms with Gasteiger partial charge in [0.1, 0.15) is 0 Å². The molecule has 0 aromatic heterocycles. The van der Waals surface area contributed by atoms with E-state index < -0.39 is 0 Å². The molecule has 0 saturated heterocycles. The lowest BCUT2D eigenvalue weighted by molar-refractivity contribution is 0.199. The highest BCUT2D eigenvalue weighted by atomic mass is 32.2. The molecule has 0 aromatic carbocycles. The quantitative estimate of drug-likeness (QED) is 0.694. The Hall–Kier alpha value is 0.270. The molecule has 0 amide bonds. The highest BCUT2D eigenvalue weighted by Gasteiger charge is 2.28. The van der Waals surface area contributed by atoms with Gasteiger partial charge in [-0.3, -0.25) is 0 Å². The molecule has 0 heterocycles. The fraction of sp³-hybridized carbons (Fsp3) is 1.00. The SMILES string of the molecule is CCCNC1CCCC1CN(C)C(C)CCSC. The van der Waals surface area contributed by atoms with Crippen molar-refractivity contribution in [3.8, 4) is 0 Å². The summed E-state index contributed by atoms with van der Waals surface area (Å²) in [5.41, 5.74) is 0. The Morgan fingerprint density at radius 3 is 2.83 bits per heavy atom. The minimum absolute atomic E-state index is 0.727. The van der Waals surface area contributed by atoms with Crippen molar-refractivity contribution in [2.45, 2.75) is 58.0 Å². The normalized spacial score (nSPS) is 25.8. The Morgan fingerprint density at radius 1 is 1.39 bits per heavy atom. The van der Waals surface area contributed by atoms with Crippen LogP contribution >= 0.6 is 11.8 Å². The molecule has 1 aliphatic rings. The Labute approximate surface area is 118 Å². The third-order valence-corrected chi connectivity index (χ3v) is 4.97. The van der Waals surface area contributed by atoms with Gasteiger partial charge in [-0.15, -0.1) is 0 Å². The van der Waals surface area contributed by atoms with Crippen molar-refractivity contribution in [1.82, 2.24) is 10.2 Å². The average Bonchev–Trinajstić information content (AvgIpc) is 2.80. The Morgan fingerprint density at radius 2 is 2.17 bits per heavy atom. The molecular weight excluding hydrogens is 240 g/mol. The molecule has 18 heavy (non-hydrogen) atoms. The maximum absolute atomic E-state index is 3.74.